The molecule has 166 valence electrons. The fourth-order valence-corrected chi connectivity index (χ4v) is 4.84. The Morgan fingerprint density at radius 2 is 1.94 bits per heavy atom. The summed E-state index contributed by atoms with van der Waals surface area (Å²) in [6.45, 7) is 14.9. The number of likely N-dealkylation sites (tertiary alicyclic amines) is 1. The number of rotatable bonds is 5. The first-order valence-corrected chi connectivity index (χ1v) is 11.5. The first-order chi connectivity index (χ1) is 14.7. The molecule has 0 saturated carbocycles. The summed E-state index contributed by atoms with van der Waals surface area (Å²) in [6, 6.07) is 6.13. The molecule has 1 atom stereocenters. The van der Waals surface area contributed by atoms with Gasteiger partial charge in [0.15, 0.2) is 6.04 Å². The van der Waals surface area contributed by atoms with E-state index in [1.54, 1.807) is 0 Å². The fraction of sp³-hybridized carbons (Fsp3) is 0.583. The van der Waals surface area contributed by atoms with Crippen molar-refractivity contribution < 1.29 is 4.90 Å². The quantitative estimate of drug-likeness (QED) is 0.661. The number of hydrogen-bond donors (Lipinski definition) is 2. The molecule has 31 heavy (non-hydrogen) atoms. The summed E-state index contributed by atoms with van der Waals surface area (Å²) in [4.78, 5) is 17.9. The topological polar surface area (TPSA) is 80.9 Å². The van der Waals surface area contributed by atoms with Crippen molar-refractivity contribution in [2.45, 2.75) is 72.4 Å². The number of quaternary nitrogens is 1. The Morgan fingerprint density at radius 1 is 1.23 bits per heavy atom. The molecular weight excluding hydrogens is 388 g/mol. The third-order valence-electron chi connectivity index (χ3n) is 7.15. The second kappa shape index (κ2) is 8.19. The van der Waals surface area contributed by atoms with Gasteiger partial charge in [0.05, 0.1) is 29.7 Å². The molecule has 1 fully saturated rings. The molecule has 3 heterocycles. The van der Waals surface area contributed by atoms with Gasteiger partial charge in [0, 0.05) is 0 Å². The van der Waals surface area contributed by atoms with Gasteiger partial charge in [0.25, 0.3) is 5.56 Å². The third-order valence-corrected chi connectivity index (χ3v) is 7.15. The van der Waals surface area contributed by atoms with Gasteiger partial charge in [-0.1, -0.05) is 25.5 Å². The average Bonchev–Trinajstić information content (AvgIpc) is 3.21. The predicted molar refractivity (Wildman–Crippen MR) is 122 cm³/mol. The van der Waals surface area contributed by atoms with Crippen LogP contribution in [0.15, 0.2) is 23.0 Å². The van der Waals surface area contributed by atoms with E-state index < -0.39 is 0 Å². The lowest BCUT2D eigenvalue weighted by molar-refractivity contribution is -0.932. The molecule has 2 N–H and O–H groups in total. The van der Waals surface area contributed by atoms with Gasteiger partial charge in [-0.25, -0.2) is 4.68 Å². The zero-order valence-electron chi connectivity index (χ0n) is 19.6. The van der Waals surface area contributed by atoms with Crippen molar-refractivity contribution in [1.29, 1.82) is 0 Å². The zero-order valence-corrected chi connectivity index (χ0v) is 19.6. The third kappa shape index (κ3) is 4.03. The standard InChI is InChI=1S/C24H34N6O/c1-7-24(5,6)30-22(26-27-28-30)21(29-10-8-15(2)9-11-29)19-14-18-13-16(3)12-17(4)20(18)25-23(19)31/h12-15,21H,7-11H2,1-6H3,(H,25,31)/p+1/t21-/m1/s1. The molecule has 0 unspecified atom stereocenters. The Bertz CT molecular complexity index is 1140. The van der Waals surface area contributed by atoms with Crippen molar-refractivity contribution in [3.8, 4) is 0 Å². The van der Waals surface area contributed by atoms with E-state index in [0.29, 0.717) is 5.92 Å². The largest absolute Gasteiger partial charge is 0.322 e. The molecule has 1 aromatic carbocycles. The monoisotopic (exact) mass is 423 g/mol. The molecule has 1 aliphatic rings. The lowest BCUT2D eigenvalue weighted by Crippen LogP contribution is -3.13. The highest BCUT2D eigenvalue weighted by molar-refractivity contribution is 5.83. The number of H-pyrrole nitrogens is 1. The van der Waals surface area contributed by atoms with E-state index in [-0.39, 0.29) is 17.1 Å². The number of nitrogens with one attached hydrogen (secondary N) is 2. The molecular formula is C24H35N6O+. The van der Waals surface area contributed by atoms with Crippen molar-refractivity contribution in [2.75, 3.05) is 13.1 Å². The van der Waals surface area contributed by atoms with E-state index in [9.17, 15) is 4.79 Å². The van der Waals surface area contributed by atoms with E-state index in [0.717, 1.165) is 60.2 Å². The second-order valence-corrected chi connectivity index (χ2v) is 9.99. The van der Waals surface area contributed by atoms with Gasteiger partial charge in [-0.15, -0.1) is 5.10 Å². The number of piperidine rings is 1. The number of benzene rings is 1. The van der Waals surface area contributed by atoms with Crippen LogP contribution < -0.4 is 10.5 Å². The van der Waals surface area contributed by atoms with Crippen molar-refractivity contribution in [1.82, 2.24) is 25.2 Å². The molecule has 2 aromatic heterocycles. The van der Waals surface area contributed by atoms with Crippen molar-refractivity contribution in [2.24, 2.45) is 5.92 Å². The van der Waals surface area contributed by atoms with Gasteiger partial charge in [0.1, 0.15) is 0 Å². The highest BCUT2D eigenvalue weighted by Crippen LogP contribution is 2.26. The van der Waals surface area contributed by atoms with Gasteiger partial charge in [-0.3, -0.25) is 4.79 Å². The van der Waals surface area contributed by atoms with Crippen LogP contribution in [0.3, 0.4) is 0 Å². The minimum Gasteiger partial charge on any atom is -0.322 e. The van der Waals surface area contributed by atoms with Crippen molar-refractivity contribution in [3.63, 3.8) is 0 Å². The van der Waals surface area contributed by atoms with Crippen LogP contribution in [0.4, 0.5) is 0 Å². The van der Waals surface area contributed by atoms with E-state index in [1.807, 2.05) is 11.6 Å². The number of fused-ring (bicyclic) bond motifs is 1. The molecule has 7 nitrogen and oxygen atoms in total. The minimum absolute atomic E-state index is 0.0422. The van der Waals surface area contributed by atoms with E-state index in [4.69, 9.17) is 0 Å². The summed E-state index contributed by atoms with van der Waals surface area (Å²) in [5.41, 5.74) is 3.68. The summed E-state index contributed by atoms with van der Waals surface area (Å²) in [6.07, 6.45) is 3.19. The highest BCUT2D eigenvalue weighted by atomic mass is 16.1. The van der Waals surface area contributed by atoms with Crippen LogP contribution in [0.1, 0.15) is 75.5 Å². The van der Waals surface area contributed by atoms with Crippen LogP contribution in [-0.2, 0) is 5.54 Å². The van der Waals surface area contributed by atoms with E-state index in [1.165, 1.54) is 10.5 Å². The number of tetrazole rings is 1. The number of aromatic nitrogens is 5. The number of aromatic amines is 1. The molecule has 0 radical (unpaired) electrons. The summed E-state index contributed by atoms with van der Waals surface area (Å²) in [5, 5.41) is 14.0. The Kier molecular flexibility index (Phi) is 5.73. The fourth-order valence-electron chi connectivity index (χ4n) is 4.84. The molecule has 0 bridgehead atoms. The summed E-state index contributed by atoms with van der Waals surface area (Å²) >= 11 is 0. The maximum absolute atomic E-state index is 13.4. The zero-order chi connectivity index (χ0) is 22.3. The molecule has 3 aromatic rings. The number of nitrogens with zero attached hydrogens (tertiary/aromatic N) is 4. The van der Waals surface area contributed by atoms with Gasteiger partial charge in [-0.05, 0) is 86.4 Å². The SMILES string of the molecule is CCC(C)(C)n1nnnc1[C@@H](c1cc2cc(C)cc(C)c2[nH]c1=O)[NH+]1CCC(C)CC1. The van der Waals surface area contributed by atoms with Crippen LogP contribution in [0.25, 0.3) is 10.9 Å². The number of hydrogen-bond acceptors (Lipinski definition) is 4. The maximum Gasteiger partial charge on any atom is 0.258 e. The first-order valence-electron chi connectivity index (χ1n) is 11.5. The van der Waals surface area contributed by atoms with Crippen LogP contribution >= 0.6 is 0 Å². The van der Waals surface area contributed by atoms with Crippen LogP contribution in [-0.4, -0.2) is 38.3 Å². The summed E-state index contributed by atoms with van der Waals surface area (Å²) in [7, 11) is 0. The van der Waals surface area contributed by atoms with Crippen LogP contribution in [0.2, 0.25) is 0 Å². The van der Waals surface area contributed by atoms with Gasteiger partial charge in [0.2, 0.25) is 5.82 Å². The Labute approximate surface area is 183 Å². The average molecular weight is 424 g/mol. The van der Waals surface area contributed by atoms with E-state index in [2.05, 4.69) is 73.3 Å². The molecule has 0 spiro atoms. The molecule has 0 amide bonds. The van der Waals surface area contributed by atoms with E-state index >= 15 is 0 Å². The molecule has 1 saturated heterocycles. The Hall–Kier alpha value is -2.54. The van der Waals surface area contributed by atoms with Gasteiger partial charge >= 0.3 is 0 Å². The second-order valence-electron chi connectivity index (χ2n) is 9.99. The summed E-state index contributed by atoms with van der Waals surface area (Å²) < 4.78 is 1.94. The van der Waals surface area contributed by atoms with Crippen molar-refractivity contribution >= 4 is 10.9 Å². The summed E-state index contributed by atoms with van der Waals surface area (Å²) in [5.74, 6) is 1.50. The molecule has 0 aliphatic carbocycles. The van der Waals surface area contributed by atoms with Gasteiger partial charge in [-0.2, -0.15) is 0 Å². The smallest absolute Gasteiger partial charge is 0.258 e. The molecule has 1 aliphatic heterocycles. The lowest BCUT2D eigenvalue weighted by atomic mass is 9.94. The normalized spacial score (nSPS) is 20.8. The molecule has 7 heteroatoms. The first kappa shape index (κ1) is 21.7. The number of aryl methyl sites for hydroxylation is 2. The minimum atomic E-state index is -0.226. The lowest BCUT2D eigenvalue weighted by Gasteiger charge is -2.34. The van der Waals surface area contributed by atoms with Gasteiger partial charge < -0.3 is 9.88 Å². The maximum atomic E-state index is 13.4. The predicted octanol–water partition coefficient (Wildman–Crippen LogP) is 2.68. The number of pyridine rings is 1. The molecule has 4 rings (SSSR count). The Balaban J connectivity index is 1.92. The van der Waals surface area contributed by atoms with Crippen LogP contribution in [0.5, 0.6) is 0 Å². The van der Waals surface area contributed by atoms with Crippen LogP contribution in [0, 0.1) is 19.8 Å². The highest BCUT2D eigenvalue weighted by Gasteiger charge is 2.38. The Morgan fingerprint density at radius 3 is 2.61 bits per heavy atom. The van der Waals surface area contributed by atoms with Crippen molar-refractivity contribution in [3.05, 3.63) is 51.1 Å².